The standard InChI is InChI=1S/C2H5.CH3.V.W/c1-2;;;/h1H2,2H3;1H3;;/q2*-1;;. The summed E-state index contributed by atoms with van der Waals surface area (Å²) in [5, 5.41) is 0. The van der Waals surface area contributed by atoms with Crippen molar-refractivity contribution in [1.82, 2.24) is 0 Å². The SMILES string of the molecule is [CH2-]C.[CH3-].[V].[W]. The molecule has 0 unspecified atom stereocenters. The molecule has 0 N–H and O–H groups in total. The van der Waals surface area contributed by atoms with Crippen LogP contribution >= 0.6 is 0 Å². The van der Waals surface area contributed by atoms with Gasteiger partial charge in [-0.2, -0.15) is 6.92 Å². The number of hydrogen-bond donors (Lipinski definition) is 0. The van der Waals surface area contributed by atoms with Crippen molar-refractivity contribution in [2.75, 3.05) is 0 Å². The van der Waals surface area contributed by atoms with Crippen molar-refractivity contribution in [2.45, 2.75) is 6.92 Å². The third kappa shape index (κ3) is 34.9. The van der Waals surface area contributed by atoms with E-state index in [-0.39, 0.29) is 47.0 Å². The van der Waals surface area contributed by atoms with Crippen molar-refractivity contribution in [2.24, 2.45) is 0 Å². The molecule has 0 fully saturated rings. The topological polar surface area (TPSA) is 0 Å². The van der Waals surface area contributed by atoms with E-state index in [1.54, 1.807) is 6.92 Å². The zero-order valence-electron chi connectivity index (χ0n) is 3.56. The van der Waals surface area contributed by atoms with E-state index in [1.165, 1.54) is 0 Å². The van der Waals surface area contributed by atoms with Crippen molar-refractivity contribution < 1.29 is 39.6 Å². The molecule has 2 heteroatoms. The molecule has 33 valence electrons. The molecule has 0 saturated carbocycles. The van der Waals surface area contributed by atoms with Crippen molar-refractivity contribution >= 4 is 0 Å². The van der Waals surface area contributed by atoms with Crippen LogP contribution in [-0.4, -0.2) is 0 Å². The van der Waals surface area contributed by atoms with Gasteiger partial charge in [-0.05, 0) is 0 Å². The van der Waals surface area contributed by atoms with Gasteiger partial charge in [0.15, 0.2) is 0 Å². The molecule has 0 aromatic rings. The number of hydrogen-bond acceptors (Lipinski definition) is 0. The molecular weight excluding hydrogens is 271 g/mol. The molecule has 0 aromatic heterocycles. The minimum Gasteiger partial charge on any atom is -0.358 e. The predicted octanol–water partition coefficient (Wildman–Crippen LogP) is 1.29. The first-order valence-corrected chi connectivity index (χ1v) is 0.707. The summed E-state index contributed by atoms with van der Waals surface area (Å²) in [6, 6.07) is 0. The monoisotopic (exact) mass is 279 g/mol. The molecule has 1 radical (unpaired) electrons. The normalized spacial score (nSPS) is 1.20. The second-order valence-electron chi connectivity index (χ2n) is 0. The van der Waals surface area contributed by atoms with Crippen molar-refractivity contribution in [3.63, 3.8) is 0 Å². The molecule has 0 rings (SSSR count). The predicted molar refractivity (Wildman–Crippen MR) is 17.4 cm³/mol. The minimum absolute atomic E-state index is 0. The average Bonchev–Trinajstić information content (AvgIpc) is 1.00. The van der Waals surface area contributed by atoms with Gasteiger partial charge >= 0.3 is 0 Å². The Morgan fingerprint density at radius 1 is 1.20 bits per heavy atom. The molecule has 0 aliphatic carbocycles. The number of rotatable bonds is 0. The van der Waals surface area contributed by atoms with Gasteiger partial charge in [-0.25, -0.2) is 0 Å². The summed E-state index contributed by atoms with van der Waals surface area (Å²) in [4.78, 5) is 0. The van der Waals surface area contributed by atoms with Gasteiger partial charge in [0.25, 0.3) is 0 Å². The van der Waals surface area contributed by atoms with E-state index in [4.69, 9.17) is 0 Å². The Hall–Kier alpha value is 1.27. The van der Waals surface area contributed by atoms with Gasteiger partial charge in [-0.15, -0.1) is 0 Å². The molecule has 0 amide bonds. The fourth-order valence-electron chi connectivity index (χ4n) is 0. The van der Waals surface area contributed by atoms with Crippen molar-refractivity contribution in [1.29, 1.82) is 0 Å². The molecule has 0 heterocycles. The summed E-state index contributed by atoms with van der Waals surface area (Å²) in [6.45, 7) is 5.00. The molecule has 0 aliphatic rings. The van der Waals surface area contributed by atoms with Gasteiger partial charge in [0.2, 0.25) is 0 Å². The molecule has 0 bridgehead atoms. The van der Waals surface area contributed by atoms with E-state index in [1.807, 2.05) is 0 Å². The first kappa shape index (κ1) is 33.8. The summed E-state index contributed by atoms with van der Waals surface area (Å²) in [5.41, 5.74) is 0. The van der Waals surface area contributed by atoms with Crippen LogP contribution in [0.1, 0.15) is 6.92 Å². The van der Waals surface area contributed by atoms with Crippen LogP contribution in [0, 0.1) is 14.4 Å². The largest absolute Gasteiger partial charge is 0.358 e. The Kier molecular flexibility index (Phi) is 401. The Labute approximate surface area is 60.9 Å². The van der Waals surface area contributed by atoms with E-state index in [0.29, 0.717) is 0 Å². The Balaban J connectivity index is -0.00000000167. The second kappa shape index (κ2) is 59.4. The molecule has 0 spiro atoms. The maximum Gasteiger partial charge on any atom is 0 e. The first-order chi connectivity index (χ1) is 1.00. The van der Waals surface area contributed by atoms with E-state index >= 15 is 0 Å². The fourth-order valence-corrected chi connectivity index (χ4v) is 0. The Morgan fingerprint density at radius 3 is 1.20 bits per heavy atom. The third-order valence-corrected chi connectivity index (χ3v) is 0. The van der Waals surface area contributed by atoms with Crippen LogP contribution in [0.3, 0.4) is 0 Å². The molecule has 5 heavy (non-hydrogen) atoms. The maximum atomic E-state index is 3.25. The molecular formula is C3H8VW-2. The van der Waals surface area contributed by atoms with Gasteiger partial charge < -0.3 is 14.4 Å². The summed E-state index contributed by atoms with van der Waals surface area (Å²) in [7, 11) is 0. The van der Waals surface area contributed by atoms with E-state index in [9.17, 15) is 0 Å². The average molecular weight is 279 g/mol. The van der Waals surface area contributed by atoms with Gasteiger partial charge in [-0.1, -0.05) is 0 Å². The molecule has 0 nitrogen and oxygen atoms in total. The zero-order chi connectivity index (χ0) is 2.00. The summed E-state index contributed by atoms with van der Waals surface area (Å²) in [5.74, 6) is 0. The van der Waals surface area contributed by atoms with Crippen LogP contribution < -0.4 is 0 Å². The minimum atomic E-state index is 0. The van der Waals surface area contributed by atoms with E-state index in [2.05, 4.69) is 6.92 Å². The van der Waals surface area contributed by atoms with Crippen molar-refractivity contribution in [3.8, 4) is 0 Å². The van der Waals surface area contributed by atoms with Crippen LogP contribution in [0.2, 0.25) is 0 Å². The Morgan fingerprint density at radius 2 is 1.20 bits per heavy atom. The molecule has 0 saturated heterocycles. The smallest absolute Gasteiger partial charge is 0 e. The zero-order valence-corrected chi connectivity index (χ0v) is 7.89. The van der Waals surface area contributed by atoms with Crippen LogP contribution in [0.25, 0.3) is 0 Å². The van der Waals surface area contributed by atoms with Gasteiger partial charge in [0.05, 0.1) is 0 Å². The van der Waals surface area contributed by atoms with Crippen LogP contribution in [0.5, 0.6) is 0 Å². The van der Waals surface area contributed by atoms with Crippen LogP contribution in [0.15, 0.2) is 0 Å². The van der Waals surface area contributed by atoms with Crippen molar-refractivity contribution in [3.05, 3.63) is 14.4 Å². The quantitative estimate of drug-likeness (QED) is 0.586. The molecule has 0 aromatic carbocycles. The van der Waals surface area contributed by atoms with Crippen LogP contribution in [-0.2, 0) is 39.6 Å². The molecule has 0 atom stereocenters. The maximum absolute atomic E-state index is 3.25. The first-order valence-electron chi connectivity index (χ1n) is 0.707. The summed E-state index contributed by atoms with van der Waals surface area (Å²) < 4.78 is 0. The Bertz CT molecular complexity index is 6.85. The van der Waals surface area contributed by atoms with Gasteiger partial charge in [0.1, 0.15) is 0 Å². The van der Waals surface area contributed by atoms with Gasteiger partial charge in [-0.3, -0.25) is 0 Å². The summed E-state index contributed by atoms with van der Waals surface area (Å²) >= 11 is 0. The fraction of sp³-hybridized carbons (Fsp3) is 0.333. The van der Waals surface area contributed by atoms with Gasteiger partial charge in [0, 0.05) is 39.6 Å². The van der Waals surface area contributed by atoms with E-state index < -0.39 is 0 Å². The van der Waals surface area contributed by atoms with E-state index in [0.717, 1.165) is 0 Å². The second-order valence-corrected chi connectivity index (χ2v) is 0. The molecule has 0 aliphatic heterocycles. The third-order valence-electron chi connectivity index (χ3n) is 0. The van der Waals surface area contributed by atoms with Crippen LogP contribution in [0.4, 0.5) is 0 Å². The summed E-state index contributed by atoms with van der Waals surface area (Å²) in [6.07, 6.45) is 0.